The van der Waals surface area contributed by atoms with Crippen molar-refractivity contribution in [3.05, 3.63) is 236 Å². The number of rotatable bonds is 7. The summed E-state index contributed by atoms with van der Waals surface area (Å²) in [4.78, 5) is 2.38. The number of fused-ring (bicyclic) bond motifs is 9. The van der Waals surface area contributed by atoms with Crippen LogP contribution in [-0.4, -0.2) is 0 Å². The Labute approximate surface area is 383 Å². The van der Waals surface area contributed by atoms with Crippen LogP contribution in [0.4, 0.5) is 17.1 Å². The second-order valence-electron chi connectivity index (χ2n) is 18.0. The molecule has 0 amide bonds. The second kappa shape index (κ2) is 14.8. The summed E-state index contributed by atoms with van der Waals surface area (Å²) in [5.41, 5.74) is 20.9. The number of nitrogens with zero attached hydrogens (tertiary/aromatic N) is 1. The van der Waals surface area contributed by atoms with Gasteiger partial charge >= 0.3 is 0 Å². The molecular formula is C63H43NO2. The van der Waals surface area contributed by atoms with Crippen LogP contribution >= 0.6 is 0 Å². The standard InChI is InChI=1S/C63H43NO2/c1-63(2)55-24-11-8-19-48(55)54-39-43(31-37-56(54)63)42-29-34-45(35-30-42)64(44-32-27-41(28-33-44)40-15-4-3-5-16-40)57-38-36-52(62-60(57)53-21-10-13-26-59(53)66-62)47-18-7-6-17-46(47)50-22-14-23-51-49-20-9-12-25-58(49)65-61(50)51/h3-39H,1-2H3. The van der Waals surface area contributed by atoms with Gasteiger partial charge in [0.25, 0.3) is 0 Å². The van der Waals surface area contributed by atoms with E-state index in [1.54, 1.807) is 0 Å². The molecule has 3 nitrogen and oxygen atoms in total. The van der Waals surface area contributed by atoms with Crippen molar-refractivity contribution < 1.29 is 8.83 Å². The van der Waals surface area contributed by atoms with Crippen LogP contribution in [0.1, 0.15) is 25.0 Å². The molecule has 0 saturated heterocycles. The van der Waals surface area contributed by atoms with Crippen LogP contribution < -0.4 is 4.90 Å². The molecule has 3 heteroatoms. The summed E-state index contributed by atoms with van der Waals surface area (Å²) in [6.07, 6.45) is 0. The number of hydrogen-bond donors (Lipinski definition) is 0. The Morgan fingerprint density at radius 2 is 0.833 bits per heavy atom. The van der Waals surface area contributed by atoms with Gasteiger partial charge in [0.15, 0.2) is 0 Å². The molecule has 2 heterocycles. The normalized spacial score (nSPS) is 12.8. The largest absolute Gasteiger partial charge is 0.455 e. The molecule has 12 aromatic rings. The molecule has 2 aromatic heterocycles. The summed E-state index contributed by atoms with van der Waals surface area (Å²) in [6.45, 7) is 4.67. The summed E-state index contributed by atoms with van der Waals surface area (Å²) in [5.74, 6) is 0. The molecule has 0 saturated carbocycles. The third kappa shape index (κ3) is 5.90. The third-order valence-electron chi connectivity index (χ3n) is 13.9. The van der Waals surface area contributed by atoms with Crippen LogP contribution in [0, 0.1) is 0 Å². The highest BCUT2D eigenvalue weighted by Crippen LogP contribution is 2.51. The predicted octanol–water partition coefficient (Wildman–Crippen LogP) is 17.9. The smallest absolute Gasteiger partial charge is 0.145 e. The van der Waals surface area contributed by atoms with Gasteiger partial charge in [0.1, 0.15) is 22.3 Å². The number of furan rings is 2. The second-order valence-corrected chi connectivity index (χ2v) is 18.0. The average Bonchev–Trinajstić information content (AvgIpc) is 4.03. The van der Waals surface area contributed by atoms with Crippen LogP contribution in [0.25, 0.3) is 99.5 Å². The van der Waals surface area contributed by atoms with E-state index in [0.717, 1.165) is 83.2 Å². The van der Waals surface area contributed by atoms with E-state index in [1.807, 2.05) is 12.1 Å². The van der Waals surface area contributed by atoms with Crippen molar-refractivity contribution in [1.29, 1.82) is 0 Å². The molecule has 1 aliphatic rings. The van der Waals surface area contributed by atoms with Gasteiger partial charge in [-0.1, -0.05) is 184 Å². The highest BCUT2D eigenvalue weighted by atomic mass is 16.3. The Balaban J connectivity index is 0.984. The maximum atomic E-state index is 7.01. The highest BCUT2D eigenvalue weighted by Gasteiger charge is 2.35. The number of anilines is 3. The molecular weight excluding hydrogens is 803 g/mol. The molecule has 0 bridgehead atoms. The van der Waals surface area contributed by atoms with Gasteiger partial charge in [-0.2, -0.15) is 0 Å². The van der Waals surface area contributed by atoms with E-state index in [9.17, 15) is 0 Å². The Morgan fingerprint density at radius 1 is 0.333 bits per heavy atom. The maximum Gasteiger partial charge on any atom is 0.145 e. The Kier molecular flexibility index (Phi) is 8.56. The molecule has 0 unspecified atom stereocenters. The quantitative estimate of drug-likeness (QED) is 0.160. The zero-order valence-electron chi connectivity index (χ0n) is 36.6. The summed E-state index contributed by atoms with van der Waals surface area (Å²) >= 11 is 0. The van der Waals surface area contributed by atoms with Crippen LogP contribution in [0.5, 0.6) is 0 Å². The number of hydrogen-bond acceptors (Lipinski definition) is 3. The van der Waals surface area contributed by atoms with Gasteiger partial charge < -0.3 is 13.7 Å². The fourth-order valence-electron chi connectivity index (χ4n) is 10.7. The fourth-order valence-corrected chi connectivity index (χ4v) is 10.7. The van der Waals surface area contributed by atoms with Gasteiger partial charge in [0.05, 0.1) is 11.1 Å². The molecule has 1 aliphatic carbocycles. The van der Waals surface area contributed by atoms with Gasteiger partial charge in [0, 0.05) is 44.1 Å². The monoisotopic (exact) mass is 845 g/mol. The Bertz CT molecular complexity index is 3830. The van der Waals surface area contributed by atoms with Crippen molar-refractivity contribution in [1.82, 2.24) is 0 Å². The van der Waals surface area contributed by atoms with Gasteiger partial charge in [-0.05, 0) is 110 Å². The summed E-state index contributed by atoms with van der Waals surface area (Å²) in [6, 6.07) is 80.7. The SMILES string of the molecule is CC1(C)c2ccccc2-c2cc(-c3ccc(N(c4ccc(-c5ccccc5)cc4)c4ccc(-c5ccccc5-c5cccc6c5oc5ccccc56)c5oc6ccccc6c45)cc3)ccc21. The van der Waals surface area contributed by atoms with Crippen molar-refractivity contribution in [2.24, 2.45) is 0 Å². The van der Waals surface area contributed by atoms with Crippen LogP contribution in [0.3, 0.4) is 0 Å². The Hall–Kier alpha value is -8.40. The van der Waals surface area contributed by atoms with Crippen molar-refractivity contribution in [2.45, 2.75) is 19.3 Å². The molecule has 0 N–H and O–H groups in total. The van der Waals surface area contributed by atoms with Crippen LogP contribution in [0.15, 0.2) is 233 Å². The maximum absolute atomic E-state index is 7.01. The van der Waals surface area contributed by atoms with E-state index in [0.29, 0.717) is 0 Å². The van der Waals surface area contributed by atoms with Crippen molar-refractivity contribution in [3.63, 3.8) is 0 Å². The van der Waals surface area contributed by atoms with E-state index in [1.165, 1.54) is 44.5 Å². The van der Waals surface area contributed by atoms with E-state index >= 15 is 0 Å². The number of para-hydroxylation sites is 3. The summed E-state index contributed by atoms with van der Waals surface area (Å²) < 4.78 is 13.6. The molecule has 0 atom stereocenters. The minimum absolute atomic E-state index is 0.0341. The summed E-state index contributed by atoms with van der Waals surface area (Å²) in [7, 11) is 0. The summed E-state index contributed by atoms with van der Waals surface area (Å²) in [5, 5.41) is 4.33. The van der Waals surface area contributed by atoms with Crippen molar-refractivity contribution in [3.8, 4) is 55.6 Å². The van der Waals surface area contributed by atoms with E-state index in [-0.39, 0.29) is 5.41 Å². The van der Waals surface area contributed by atoms with Crippen molar-refractivity contribution in [2.75, 3.05) is 4.90 Å². The molecule has 0 fully saturated rings. The van der Waals surface area contributed by atoms with Crippen molar-refractivity contribution >= 4 is 60.9 Å². The van der Waals surface area contributed by atoms with E-state index in [2.05, 4.69) is 231 Å². The van der Waals surface area contributed by atoms with Gasteiger partial charge in [-0.3, -0.25) is 0 Å². The zero-order valence-corrected chi connectivity index (χ0v) is 36.6. The van der Waals surface area contributed by atoms with Gasteiger partial charge in [-0.25, -0.2) is 0 Å². The molecule has 13 rings (SSSR count). The first-order valence-corrected chi connectivity index (χ1v) is 22.7. The fraction of sp³-hybridized carbons (Fsp3) is 0.0476. The first-order chi connectivity index (χ1) is 32.5. The lowest BCUT2D eigenvalue weighted by Gasteiger charge is -2.27. The van der Waals surface area contributed by atoms with Gasteiger partial charge in [0.2, 0.25) is 0 Å². The Morgan fingerprint density at radius 3 is 1.56 bits per heavy atom. The van der Waals surface area contributed by atoms with E-state index < -0.39 is 0 Å². The lowest BCUT2D eigenvalue weighted by Crippen LogP contribution is -2.14. The molecule has 10 aromatic carbocycles. The van der Waals surface area contributed by atoms with E-state index in [4.69, 9.17) is 8.83 Å². The minimum atomic E-state index is -0.0341. The topological polar surface area (TPSA) is 29.5 Å². The predicted molar refractivity (Wildman–Crippen MR) is 275 cm³/mol. The number of benzene rings is 10. The third-order valence-corrected chi connectivity index (χ3v) is 13.9. The molecule has 66 heavy (non-hydrogen) atoms. The van der Waals surface area contributed by atoms with Gasteiger partial charge in [-0.15, -0.1) is 0 Å². The lowest BCUT2D eigenvalue weighted by molar-refractivity contribution is 0.660. The first-order valence-electron chi connectivity index (χ1n) is 22.7. The molecule has 0 aliphatic heterocycles. The molecule has 0 radical (unpaired) electrons. The van der Waals surface area contributed by atoms with Crippen LogP contribution in [0.2, 0.25) is 0 Å². The lowest BCUT2D eigenvalue weighted by atomic mass is 9.82. The zero-order chi connectivity index (χ0) is 43.9. The average molecular weight is 846 g/mol. The minimum Gasteiger partial charge on any atom is -0.455 e. The van der Waals surface area contributed by atoms with Crippen LogP contribution in [-0.2, 0) is 5.41 Å². The highest BCUT2D eigenvalue weighted by molar-refractivity contribution is 6.18. The first kappa shape index (κ1) is 38.1. The molecule has 312 valence electrons. The molecule has 0 spiro atoms.